The molecule has 0 saturated heterocycles. The molecular formula is C69H69BCl6O3. The zero-order valence-corrected chi connectivity index (χ0v) is 51.5. The quantitative estimate of drug-likeness (QED) is 0.0671. The van der Waals surface area contributed by atoms with Crippen molar-refractivity contribution in [3.63, 3.8) is 0 Å². The van der Waals surface area contributed by atoms with Gasteiger partial charge in [0.05, 0.1) is 30.1 Å². The monoisotopic (exact) mass is 1170 g/mol. The van der Waals surface area contributed by atoms with Crippen LogP contribution in [0.2, 0.25) is 30.1 Å². The van der Waals surface area contributed by atoms with Gasteiger partial charge in [-0.2, -0.15) is 0 Å². The number of hydrogen-bond acceptors (Lipinski definition) is 3. The van der Waals surface area contributed by atoms with E-state index in [9.17, 15) is 0 Å². The van der Waals surface area contributed by atoms with Crippen molar-refractivity contribution in [1.29, 1.82) is 0 Å². The molecule has 0 heterocycles. The first kappa shape index (κ1) is 58.6. The number of aryl methyl sites for hydroxylation is 3. The van der Waals surface area contributed by atoms with Crippen LogP contribution in [-0.4, -0.2) is 7.32 Å². The van der Waals surface area contributed by atoms with E-state index in [1.807, 2.05) is 41.5 Å². The normalized spacial score (nSPS) is 11.6. The summed E-state index contributed by atoms with van der Waals surface area (Å²) in [5.41, 5.74) is 13.9. The highest BCUT2D eigenvalue weighted by Gasteiger charge is 2.38. The first-order chi connectivity index (χ1) is 38.1. The fraction of sp³-hybridized carbons (Fsp3) is 0.304. The van der Waals surface area contributed by atoms with Crippen LogP contribution in [0.25, 0.3) is 32.3 Å². The van der Waals surface area contributed by atoms with Gasteiger partial charge < -0.3 is 14.0 Å². The number of rotatable bonds is 21. The molecule has 0 aliphatic rings. The summed E-state index contributed by atoms with van der Waals surface area (Å²) in [6, 6.07) is 39.0. The van der Waals surface area contributed by atoms with Crippen molar-refractivity contribution in [2.75, 3.05) is 0 Å². The molecule has 0 saturated carbocycles. The highest BCUT2D eigenvalue weighted by Crippen LogP contribution is 2.47. The van der Waals surface area contributed by atoms with E-state index in [1.165, 1.54) is 33.4 Å². The Morgan fingerprint density at radius 3 is 0.848 bits per heavy atom. The molecule has 0 spiro atoms. The molecule has 10 heteroatoms. The molecule has 3 nitrogen and oxygen atoms in total. The second-order valence-electron chi connectivity index (χ2n) is 21.3. The number of hydrogen-bond donors (Lipinski definition) is 0. The van der Waals surface area contributed by atoms with Crippen molar-refractivity contribution in [2.45, 2.75) is 139 Å². The predicted molar refractivity (Wildman–Crippen MR) is 342 cm³/mol. The molecule has 0 unspecified atom stereocenters. The zero-order chi connectivity index (χ0) is 56.2. The molecule has 9 rings (SSSR count). The van der Waals surface area contributed by atoms with E-state index in [0.717, 1.165) is 123 Å². The fourth-order valence-corrected chi connectivity index (χ4v) is 12.9. The maximum atomic E-state index is 7.62. The smallest absolute Gasteiger partial charge is 0.489 e. The summed E-state index contributed by atoms with van der Waals surface area (Å²) in [6.07, 6.45) is 10.3. The average molecular weight is 1170 g/mol. The van der Waals surface area contributed by atoms with Gasteiger partial charge in [0, 0.05) is 52.6 Å². The number of fused-ring (bicyclic) bond motifs is 3. The molecule has 0 fully saturated rings. The fourth-order valence-electron chi connectivity index (χ4n) is 11.5. The Hall–Kier alpha value is -5.04. The maximum Gasteiger partial charge on any atom is 0.864 e. The highest BCUT2D eigenvalue weighted by molar-refractivity contribution is 6.42. The molecule has 9 aromatic rings. The molecule has 0 aromatic heterocycles. The third-order valence-corrected chi connectivity index (χ3v) is 19.4. The minimum Gasteiger partial charge on any atom is -0.489 e. The minimum atomic E-state index is -1.52. The molecular weight excluding hydrogens is 1100 g/mol. The Kier molecular flexibility index (Phi) is 19.2. The lowest BCUT2D eigenvalue weighted by Gasteiger charge is -2.27. The average Bonchev–Trinajstić information content (AvgIpc) is 3.56. The Morgan fingerprint density at radius 1 is 0.316 bits per heavy atom. The summed E-state index contributed by atoms with van der Waals surface area (Å²) >= 11 is 44.9. The molecule has 0 bridgehead atoms. The lowest BCUT2D eigenvalue weighted by atomic mass is 9.89. The SMILES string of the molecule is CCCCc1ccc2ccccc2c1Cc1c(Cl)c(C)c(Cl)c(C)c1OB(Oc1c(C)c(Cl)c(C)c(Cl)c1Cc1c(CCCC)ccc2ccccc12)Oc1c(C)c(Cl)c(C)c(Cl)c1Cc1c(CCCC)ccc2ccccc12. The largest absolute Gasteiger partial charge is 0.864 e. The van der Waals surface area contributed by atoms with Crippen LogP contribution in [-0.2, 0) is 38.5 Å². The van der Waals surface area contributed by atoms with Gasteiger partial charge in [0.1, 0.15) is 17.2 Å². The first-order valence-corrected chi connectivity index (χ1v) is 30.2. The third kappa shape index (κ3) is 12.0. The van der Waals surface area contributed by atoms with Crippen LogP contribution in [0.15, 0.2) is 109 Å². The third-order valence-electron chi connectivity index (χ3n) is 16.1. The molecule has 79 heavy (non-hydrogen) atoms. The Bertz CT molecular complexity index is 3370. The van der Waals surface area contributed by atoms with Gasteiger partial charge >= 0.3 is 7.32 Å². The van der Waals surface area contributed by atoms with E-state index in [0.29, 0.717) is 83.3 Å². The van der Waals surface area contributed by atoms with Crippen LogP contribution in [0.4, 0.5) is 0 Å². The van der Waals surface area contributed by atoms with E-state index in [2.05, 4.69) is 130 Å². The van der Waals surface area contributed by atoms with Gasteiger partial charge in [-0.25, -0.2) is 0 Å². The van der Waals surface area contributed by atoms with Gasteiger partial charge in [-0.3, -0.25) is 0 Å². The topological polar surface area (TPSA) is 27.7 Å². The van der Waals surface area contributed by atoms with Crippen molar-refractivity contribution >= 4 is 109 Å². The van der Waals surface area contributed by atoms with Crippen LogP contribution in [0.5, 0.6) is 17.2 Å². The molecule has 0 atom stereocenters. The van der Waals surface area contributed by atoms with Crippen molar-refractivity contribution in [3.05, 3.63) is 223 Å². The van der Waals surface area contributed by atoms with E-state index in [1.54, 1.807) is 0 Å². The summed E-state index contributed by atoms with van der Waals surface area (Å²) < 4.78 is 22.4. The first-order valence-electron chi connectivity index (χ1n) is 28.0. The number of benzene rings is 9. The van der Waals surface area contributed by atoms with Gasteiger partial charge in [-0.15, -0.1) is 0 Å². The summed E-state index contributed by atoms with van der Waals surface area (Å²) in [4.78, 5) is 0. The summed E-state index contributed by atoms with van der Waals surface area (Å²) in [5.74, 6) is 1.33. The van der Waals surface area contributed by atoms with Crippen LogP contribution in [0.3, 0.4) is 0 Å². The maximum absolute atomic E-state index is 7.62. The van der Waals surface area contributed by atoms with Crippen LogP contribution in [0, 0.1) is 41.5 Å². The van der Waals surface area contributed by atoms with Crippen molar-refractivity contribution in [1.82, 2.24) is 0 Å². The van der Waals surface area contributed by atoms with Crippen LogP contribution < -0.4 is 14.0 Å². The second-order valence-corrected chi connectivity index (χ2v) is 23.6. The molecule has 9 aromatic carbocycles. The van der Waals surface area contributed by atoms with Gasteiger partial charge in [-0.05, 0) is 162 Å². The van der Waals surface area contributed by atoms with Crippen molar-refractivity contribution < 1.29 is 14.0 Å². The Labute approximate surface area is 499 Å². The van der Waals surface area contributed by atoms with E-state index in [4.69, 9.17) is 83.6 Å². The Balaban J connectivity index is 1.28. The number of halogens is 6. The molecule has 0 aliphatic heterocycles. The van der Waals surface area contributed by atoms with E-state index in [-0.39, 0.29) is 0 Å². The lowest BCUT2D eigenvalue weighted by molar-refractivity contribution is 0.301. The van der Waals surface area contributed by atoms with Crippen LogP contribution >= 0.6 is 69.6 Å². The predicted octanol–water partition coefficient (Wildman–Crippen LogP) is 22.2. The van der Waals surface area contributed by atoms with E-state index < -0.39 is 7.32 Å². The Morgan fingerprint density at radius 2 is 0.582 bits per heavy atom. The lowest BCUT2D eigenvalue weighted by Crippen LogP contribution is -2.39. The summed E-state index contributed by atoms with van der Waals surface area (Å²) in [7, 11) is -1.52. The standard InChI is InChI=1S/C69H69BCl6O3/c1-10-13-22-49-34-31-46-25-16-19-28-52(46)55(49)37-58-64(74)40(4)61(71)43(7)67(58)77-70(78-68-44(8)62(72)41(5)65(75)59(68)38-56-50(23-14-11-2)35-32-47-26-17-20-29-53(47)56)79-69-45(9)63(73)42(6)66(76)60(69)39-57-51(24-15-12-3)36-33-48-27-18-21-30-54(48)57/h16-21,25-36H,10-15,22-24,37-39H2,1-9H3. The van der Waals surface area contributed by atoms with Crippen LogP contribution in [0.1, 0.15) is 143 Å². The molecule has 0 aliphatic carbocycles. The van der Waals surface area contributed by atoms with Crippen molar-refractivity contribution in [3.8, 4) is 17.2 Å². The minimum absolute atomic E-state index is 0.443. The highest BCUT2D eigenvalue weighted by atomic mass is 35.5. The second kappa shape index (κ2) is 25.8. The van der Waals surface area contributed by atoms with Gasteiger partial charge in [-0.1, -0.05) is 219 Å². The summed E-state index contributed by atoms with van der Waals surface area (Å²) in [5, 5.41) is 9.83. The molecule has 408 valence electrons. The van der Waals surface area contributed by atoms with E-state index >= 15 is 0 Å². The molecule has 0 amide bonds. The van der Waals surface area contributed by atoms with Gasteiger partial charge in [0.15, 0.2) is 0 Å². The van der Waals surface area contributed by atoms with Gasteiger partial charge in [0.2, 0.25) is 0 Å². The molecule has 0 N–H and O–H groups in total. The number of unbranched alkanes of at least 4 members (excludes halogenated alkanes) is 3. The van der Waals surface area contributed by atoms with Gasteiger partial charge in [0.25, 0.3) is 0 Å². The molecule has 0 radical (unpaired) electrons. The summed E-state index contributed by atoms with van der Waals surface area (Å²) in [6.45, 7) is 18.4. The zero-order valence-electron chi connectivity index (χ0n) is 46.9. The van der Waals surface area contributed by atoms with Crippen molar-refractivity contribution in [2.24, 2.45) is 0 Å².